The van der Waals surface area contributed by atoms with Gasteiger partial charge in [0, 0.05) is 34.0 Å². The predicted octanol–water partition coefficient (Wildman–Crippen LogP) is 6.32. The van der Waals surface area contributed by atoms with Crippen LogP contribution in [0.1, 0.15) is 34.7 Å². The minimum atomic E-state index is -0.0720. The van der Waals surface area contributed by atoms with Crippen LogP contribution in [0.4, 0.5) is 5.69 Å². The highest BCUT2D eigenvalue weighted by atomic mass is 35.5. The quantitative estimate of drug-likeness (QED) is 0.363. The number of aromatic nitrogens is 2. The van der Waals surface area contributed by atoms with Crippen molar-refractivity contribution in [3.63, 3.8) is 0 Å². The maximum atomic E-state index is 6.30. The van der Waals surface area contributed by atoms with Gasteiger partial charge in [-0.2, -0.15) is 0 Å². The normalized spacial score (nSPS) is 18.1. The van der Waals surface area contributed by atoms with Gasteiger partial charge in [0.2, 0.25) is 0 Å². The van der Waals surface area contributed by atoms with Crippen LogP contribution in [-0.2, 0) is 0 Å². The third kappa shape index (κ3) is 3.57. The van der Waals surface area contributed by atoms with E-state index in [0.29, 0.717) is 5.11 Å². The molecule has 1 aliphatic rings. The lowest BCUT2D eigenvalue weighted by Gasteiger charge is -2.28. The number of benzene rings is 2. The van der Waals surface area contributed by atoms with Crippen molar-refractivity contribution in [2.75, 3.05) is 4.90 Å². The monoisotopic (exact) mass is 458 g/mol. The summed E-state index contributed by atoms with van der Waals surface area (Å²) in [6, 6.07) is 26.4. The Kier molecular flexibility index (Phi) is 5.45. The highest BCUT2D eigenvalue weighted by Crippen LogP contribution is 2.43. The van der Waals surface area contributed by atoms with Gasteiger partial charge in [-0.15, -0.1) is 0 Å². The Balaban J connectivity index is 1.68. The lowest BCUT2D eigenvalue weighted by molar-refractivity contribution is 0.565. The van der Waals surface area contributed by atoms with Gasteiger partial charge in [-0.05, 0) is 80.2 Å². The molecule has 2 atom stereocenters. The second-order valence-electron chi connectivity index (χ2n) is 7.97. The lowest BCUT2D eigenvalue weighted by Crippen LogP contribution is -2.29. The minimum absolute atomic E-state index is 0.0427. The number of para-hydroxylation sites is 1. The van der Waals surface area contributed by atoms with Crippen molar-refractivity contribution in [3.8, 4) is 5.69 Å². The molecule has 0 bridgehead atoms. The molecule has 160 valence electrons. The molecule has 0 radical (unpaired) electrons. The summed E-state index contributed by atoms with van der Waals surface area (Å²) in [4.78, 5) is 6.86. The van der Waals surface area contributed by atoms with E-state index in [1.807, 2.05) is 54.7 Å². The van der Waals surface area contributed by atoms with Crippen LogP contribution in [0.3, 0.4) is 0 Å². The van der Waals surface area contributed by atoms with E-state index in [9.17, 15) is 0 Å². The molecule has 1 N–H and O–H groups in total. The van der Waals surface area contributed by atoms with E-state index in [-0.39, 0.29) is 12.1 Å². The molecule has 0 saturated carbocycles. The van der Waals surface area contributed by atoms with Gasteiger partial charge in [-0.25, -0.2) is 0 Å². The number of rotatable bonds is 4. The molecule has 2 unspecified atom stereocenters. The number of hydrogen-bond donors (Lipinski definition) is 1. The summed E-state index contributed by atoms with van der Waals surface area (Å²) in [5, 5.41) is 4.96. The molecule has 1 aliphatic heterocycles. The van der Waals surface area contributed by atoms with Crippen molar-refractivity contribution in [1.29, 1.82) is 0 Å². The number of thiocarbonyl (C=S) groups is 1. The van der Waals surface area contributed by atoms with E-state index in [0.717, 1.165) is 33.5 Å². The number of hydrogen-bond acceptors (Lipinski definition) is 2. The first kappa shape index (κ1) is 20.7. The number of aryl methyl sites for hydroxylation is 1. The van der Waals surface area contributed by atoms with Crippen LogP contribution in [0.2, 0.25) is 5.02 Å². The average molecular weight is 459 g/mol. The summed E-state index contributed by atoms with van der Waals surface area (Å²) in [7, 11) is 0. The zero-order chi connectivity index (χ0) is 22.2. The molecule has 1 saturated heterocycles. The molecule has 4 aromatic rings. The fraction of sp³-hybridized carbons (Fsp3) is 0.154. The van der Waals surface area contributed by atoms with Crippen molar-refractivity contribution in [2.24, 2.45) is 0 Å². The zero-order valence-corrected chi connectivity index (χ0v) is 19.4. The van der Waals surface area contributed by atoms with Crippen LogP contribution in [0, 0.1) is 13.8 Å². The van der Waals surface area contributed by atoms with Crippen LogP contribution in [0.5, 0.6) is 0 Å². The van der Waals surface area contributed by atoms with Crippen LogP contribution in [0.25, 0.3) is 5.69 Å². The van der Waals surface area contributed by atoms with E-state index in [1.54, 1.807) is 0 Å². The molecule has 4 nitrogen and oxygen atoms in total. The molecular formula is C26H23ClN4S. The molecule has 2 aromatic carbocycles. The molecule has 0 spiro atoms. The third-order valence-electron chi connectivity index (χ3n) is 5.99. The molecule has 0 amide bonds. The first-order valence-electron chi connectivity index (χ1n) is 10.5. The minimum Gasteiger partial charge on any atom is -0.351 e. The molecule has 2 aromatic heterocycles. The average Bonchev–Trinajstić information content (AvgIpc) is 3.30. The van der Waals surface area contributed by atoms with Gasteiger partial charge in [-0.3, -0.25) is 4.98 Å². The molecule has 6 heteroatoms. The summed E-state index contributed by atoms with van der Waals surface area (Å²) in [6.45, 7) is 4.28. The summed E-state index contributed by atoms with van der Waals surface area (Å²) in [5.74, 6) is 0. The number of pyridine rings is 1. The lowest BCUT2D eigenvalue weighted by atomic mass is 9.96. The maximum Gasteiger partial charge on any atom is 0.174 e. The van der Waals surface area contributed by atoms with Gasteiger partial charge in [0.05, 0.1) is 17.8 Å². The van der Waals surface area contributed by atoms with Gasteiger partial charge >= 0.3 is 0 Å². The first-order valence-corrected chi connectivity index (χ1v) is 11.3. The number of nitrogens with zero attached hydrogens (tertiary/aromatic N) is 3. The Bertz CT molecular complexity index is 1270. The molecular weight excluding hydrogens is 436 g/mol. The highest BCUT2D eigenvalue weighted by Gasteiger charge is 2.42. The van der Waals surface area contributed by atoms with Crippen LogP contribution in [-0.4, -0.2) is 14.7 Å². The topological polar surface area (TPSA) is 33.1 Å². The van der Waals surface area contributed by atoms with E-state index in [2.05, 4.69) is 63.9 Å². The second-order valence-corrected chi connectivity index (χ2v) is 8.80. The van der Waals surface area contributed by atoms with E-state index in [1.165, 1.54) is 5.56 Å². The van der Waals surface area contributed by atoms with Crippen molar-refractivity contribution in [3.05, 3.63) is 113 Å². The Morgan fingerprint density at radius 1 is 0.906 bits per heavy atom. The van der Waals surface area contributed by atoms with Crippen LogP contribution < -0.4 is 10.2 Å². The van der Waals surface area contributed by atoms with Crippen molar-refractivity contribution in [2.45, 2.75) is 25.9 Å². The second kappa shape index (κ2) is 8.41. The molecule has 1 fully saturated rings. The Labute approximate surface area is 198 Å². The van der Waals surface area contributed by atoms with Crippen molar-refractivity contribution in [1.82, 2.24) is 14.9 Å². The largest absolute Gasteiger partial charge is 0.351 e. The fourth-order valence-corrected chi connectivity index (χ4v) is 5.17. The summed E-state index contributed by atoms with van der Waals surface area (Å²) < 4.78 is 2.25. The zero-order valence-electron chi connectivity index (χ0n) is 17.9. The molecule has 0 aliphatic carbocycles. The summed E-state index contributed by atoms with van der Waals surface area (Å²) in [5.41, 5.74) is 6.57. The fourth-order valence-electron chi connectivity index (χ4n) is 4.64. The Morgan fingerprint density at radius 3 is 2.38 bits per heavy atom. The van der Waals surface area contributed by atoms with Crippen molar-refractivity contribution >= 4 is 34.6 Å². The van der Waals surface area contributed by atoms with Crippen LogP contribution >= 0.6 is 23.8 Å². The predicted molar refractivity (Wildman–Crippen MR) is 135 cm³/mol. The van der Waals surface area contributed by atoms with E-state index < -0.39 is 0 Å². The van der Waals surface area contributed by atoms with Gasteiger partial charge in [0.1, 0.15) is 0 Å². The molecule has 3 heterocycles. The van der Waals surface area contributed by atoms with E-state index in [4.69, 9.17) is 23.8 Å². The van der Waals surface area contributed by atoms with Crippen molar-refractivity contribution < 1.29 is 0 Å². The number of anilines is 1. The van der Waals surface area contributed by atoms with Gasteiger partial charge in [0.25, 0.3) is 0 Å². The Hall–Kier alpha value is -3.15. The molecule has 5 rings (SSSR count). The standard InChI is InChI=1S/C26H23ClN4S/c1-17-15-22(18(2)30(17)21-12-8-9-19(27)16-21)25-24(23-13-6-7-14-28-23)29-26(32)31(25)20-10-4-3-5-11-20/h3-16,24-25H,1-2H3,(H,29,32). The molecule has 32 heavy (non-hydrogen) atoms. The van der Waals surface area contributed by atoms with Crippen LogP contribution in [0.15, 0.2) is 85.1 Å². The first-order chi connectivity index (χ1) is 15.5. The Morgan fingerprint density at radius 2 is 1.66 bits per heavy atom. The van der Waals surface area contributed by atoms with Gasteiger partial charge in [-0.1, -0.05) is 41.9 Å². The van der Waals surface area contributed by atoms with E-state index >= 15 is 0 Å². The number of halogens is 1. The highest BCUT2D eigenvalue weighted by molar-refractivity contribution is 7.80. The number of nitrogens with one attached hydrogen (secondary N) is 1. The summed E-state index contributed by atoms with van der Waals surface area (Å²) >= 11 is 12.1. The maximum absolute atomic E-state index is 6.30. The van der Waals surface area contributed by atoms with Gasteiger partial charge in [0.15, 0.2) is 5.11 Å². The van der Waals surface area contributed by atoms with Gasteiger partial charge < -0.3 is 14.8 Å². The third-order valence-corrected chi connectivity index (χ3v) is 6.54. The SMILES string of the molecule is Cc1cc(C2C(c3ccccn3)NC(=S)N2c2ccccc2)c(C)n1-c1cccc(Cl)c1. The summed E-state index contributed by atoms with van der Waals surface area (Å²) in [6.07, 6.45) is 1.83. The smallest absolute Gasteiger partial charge is 0.174 e.